The van der Waals surface area contributed by atoms with Crippen molar-refractivity contribution in [1.29, 1.82) is 0 Å². The molecule has 0 aliphatic carbocycles. The second-order valence-electron chi connectivity index (χ2n) is 4.24. The number of thiophene rings is 1. The fourth-order valence-electron chi connectivity index (χ4n) is 1.92. The lowest BCUT2D eigenvalue weighted by Gasteiger charge is -2.10. The molecule has 0 saturated carbocycles. The van der Waals surface area contributed by atoms with Crippen molar-refractivity contribution in [2.75, 3.05) is 5.73 Å². The minimum atomic E-state index is -4.78. The average molecular weight is 313 g/mol. The number of rotatable bonds is 1. The van der Waals surface area contributed by atoms with Crippen molar-refractivity contribution in [3.63, 3.8) is 0 Å². The first-order valence-electron chi connectivity index (χ1n) is 5.74. The molecule has 3 aromatic rings. The van der Waals surface area contributed by atoms with Gasteiger partial charge in [-0.2, -0.15) is 13.2 Å². The van der Waals surface area contributed by atoms with E-state index in [1.807, 2.05) is 0 Å². The maximum absolute atomic E-state index is 14.1. The van der Waals surface area contributed by atoms with Gasteiger partial charge in [0.25, 0.3) is 0 Å². The Morgan fingerprint density at radius 3 is 2.57 bits per heavy atom. The number of hydrogen-bond donors (Lipinski definition) is 1. The first kappa shape index (κ1) is 13.7. The molecule has 21 heavy (non-hydrogen) atoms. The standard InChI is InChI=1S/C13H7F4N3S/c14-9-6(2-1-3-8(9)13(15,16)17)11-19-10(18)7-4-5-21-12(7)20-11/h1-5H,(H2,18,19,20). The van der Waals surface area contributed by atoms with Crippen LogP contribution in [0.25, 0.3) is 21.6 Å². The molecule has 0 unspecified atom stereocenters. The third-order valence-electron chi connectivity index (χ3n) is 2.90. The van der Waals surface area contributed by atoms with E-state index in [1.165, 1.54) is 17.4 Å². The van der Waals surface area contributed by atoms with Gasteiger partial charge in [0, 0.05) is 0 Å². The van der Waals surface area contributed by atoms with Gasteiger partial charge in [-0.1, -0.05) is 6.07 Å². The number of fused-ring (bicyclic) bond motifs is 1. The van der Waals surface area contributed by atoms with Gasteiger partial charge in [-0.05, 0) is 23.6 Å². The maximum atomic E-state index is 14.1. The minimum Gasteiger partial charge on any atom is -0.383 e. The Morgan fingerprint density at radius 2 is 1.86 bits per heavy atom. The summed E-state index contributed by atoms with van der Waals surface area (Å²) in [5.41, 5.74) is 4.04. The molecule has 3 nitrogen and oxygen atoms in total. The molecule has 3 rings (SSSR count). The highest BCUT2D eigenvalue weighted by Gasteiger charge is 2.35. The Balaban J connectivity index is 2.23. The first-order chi connectivity index (χ1) is 9.88. The minimum absolute atomic E-state index is 0.105. The first-order valence-corrected chi connectivity index (χ1v) is 6.62. The van der Waals surface area contributed by atoms with Gasteiger partial charge in [0.2, 0.25) is 0 Å². The Morgan fingerprint density at radius 1 is 1.10 bits per heavy atom. The van der Waals surface area contributed by atoms with Crippen LogP contribution in [0.5, 0.6) is 0 Å². The van der Waals surface area contributed by atoms with Gasteiger partial charge >= 0.3 is 6.18 Å². The number of halogens is 4. The summed E-state index contributed by atoms with van der Waals surface area (Å²) in [6.45, 7) is 0. The Hall–Kier alpha value is -2.22. The summed E-state index contributed by atoms with van der Waals surface area (Å²) in [4.78, 5) is 8.46. The Labute approximate surface area is 120 Å². The molecule has 0 radical (unpaired) electrons. The zero-order chi connectivity index (χ0) is 15.2. The van der Waals surface area contributed by atoms with Crippen LogP contribution < -0.4 is 5.73 Å². The second-order valence-corrected chi connectivity index (χ2v) is 5.13. The molecule has 8 heteroatoms. The topological polar surface area (TPSA) is 51.8 Å². The monoisotopic (exact) mass is 313 g/mol. The number of benzene rings is 1. The van der Waals surface area contributed by atoms with E-state index in [9.17, 15) is 17.6 Å². The van der Waals surface area contributed by atoms with E-state index in [4.69, 9.17) is 5.73 Å². The Bertz CT molecular complexity index is 826. The number of alkyl halides is 3. The summed E-state index contributed by atoms with van der Waals surface area (Å²) in [5, 5.41) is 2.32. The summed E-state index contributed by atoms with van der Waals surface area (Å²) in [7, 11) is 0. The lowest BCUT2D eigenvalue weighted by atomic mass is 10.1. The fourth-order valence-corrected chi connectivity index (χ4v) is 2.69. The van der Waals surface area contributed by atoms with Gasteiger partial charge < -0.3 is 5.73 Å². The third kappa shape index (κ3) is 2.31. The fraction of sp³-hybridized carbons (Fsp3) is 0.0769. The van der Waals surface area contributed by atoms with E-state index < -0.39 is 17.6 Å². The highest BCUT2D eigenvalue weighted by Crippen LogP contribution is 2.35. The smallest absolute Gasteiger partial charge is 0.383 e. The number of aromatic nitrogens is 2. The van der Waals surface area contributed by atoms with E-state index in [-0.39, 0.29) is 17.2 Å². The molecule has 0 aliphatic heterocycles. The second kappa shape index (κ2) is 4.66. The molecule has 2 aromatic heterocycles. The van der Waals surface area contributed by atoms with Crippen LogP contribution in [0.1, 0.15) is 5.56 Å². The highest BCUT2D eigenvalue weighted by molar-refractivity contribution is 7.16. The van der Waals surface area contributed by atoms with E-state index in [0.29, 0.717) is 16.3 Å². The van der Waals surface area contributed by atoms with Crippen molar-refractivity contribution < 1.29 is 17.6 Å². The van der Waals surface area contributed by atoms with E-state index in [1.54, 1.807) is 11.4 Å². The van der Waals surface area contributed by atoms with Crippen molar-refractivity contribution in [3.8, 4) is 11.4 Å². The molecular formula is C13H7F4N3S. The van der Waals surface area contributed by atoms with Crippen molar-refractivity contribution in [1.82, 2.24) is 9.97 Å². The maximum Gasteiger partial charge on any atom is 0.419 e. The van der Waals surface area contributed by atoms with Crippen LogP contribution in [0.3, 0.4) is 0 Å². The van der Waals surface area contributed by atoms with E-state index >= 15 is 0 Å². The molecule has 0 amide bonds. The lowest BCUT2D eigenvalue weighted by Crippen LogP contribution is -2.09. The Kier molecular flexibility index (Phi) is 3.05. The van der Waals surface area contributed by atoms with E-state index in [2.05, 4.69) is 9.97 Å². The molecule has 2 heterocycles. The van der Waals surface area contributed by atoms with Crippen LogP contribution in [0.15, 0.2) is 29.6 Å². The molecule has 1 aromatic carbocycles. The number of nitrogen functional groups attached to an aromatic ring is 1. The normalized spacial score (nSPS) is 12.0. The zero-order valence-electron chi connectivity index (χ0n) is 10.3. The van der Waals surface area contributed by atoms with Crippen LogP contribution in [-0.4, -0.2) is 9.97 Å². The van der Waals surface area contributed by atoms with Crippen molar-refractivity contribution in [2.45, 2.75) is 6.18 Å². The molecule has 0 spiro atoms. The molecule has 0 bridgehead atoms. The van der Waals surface area contributed by atoms with Gasteiger partial charge in [-0.25, -0.2) is 14.4 Å². The SMILES string of the molecule is Nc1nc(-c2cccc(C(F)(F)F)c2F)nc2sccc12. The lowest BCUT2D eigenvalue weighted by molar-refractivity contribution is -0.139. The molecule has 0 aliphatic rings. The summed E-state index contributed by atoms with van der Waals surface area (Å²) in [5.74, 6) is -1.46. The van der Waals surface area contributed by atoms with Gasteiger partial charge in [0.15, 0.2) is 5.82 Å². The summed E-state index contributed by atoms with van der Waals surface area (Å²) in [6.07, 6.45) is -4.78. The average Bonchev–Trinajstić information content (AvgIpc) is 2.86. The van der Waals surface area contributed by atoms with Gasteiger partial charge in [-0.3, -0.25) is 0 Å². The number of nitrogens with two attached hydrogens (primary N) is 1. The molecule has 0 saturated heterocycles. The van der Waals surface area contributed by atoms with Gasteiger partial charge in [-0.15, -0.1) is 11.3 Å². The van der Waals surface area contributed by atoms with Crippen molar-refractivity contribution >= 4 is 27.4 Å². The highest BCUT2D eigenvalue weighted by atomic mass is 32.1. The van der Waals surface area contributed by atoms with Crippen LogP contribution in [0.4, 0.5) is 23.4 Å². The van der Waals surface area contributed by atoms with Crippen LogP contribution >= 0.6 is 11.3 Å². The van der Waals surface area contributed by atoms with Gasteiger partial charge in [0.1, 0.15) is 16.5 Å². The summed E-state index contributed by atoms with van der Waals surface area (Å²) in [6, 6.07) is 4.67. The summed E-state index contributed by atoms with van der Waals surface area (Å²) >= 11 is 1.25. The van der Waals surface area contributed by atoms with Crippen molar-refractivity contribution in [2.24, 2.45) is 0 Å². The number of hydrogen-bond acceptors (Lipinski definition) is 4. The quantitative estimate of drug-likeness (QED) is 0.688. The van der Waals surface area contributed by atoms with Crippen LogP contribution in [0, 0.1) is 5.82 Å². The van der Waals surface area contributed by atoms with Crippen LogP contribution in [-0.2, 0) is 6.18 Å². The van der Waals surface area contributed by atoms with Gasteiger partial charge in [0.05, 0.1) is 16.5 Å². The molecule has 2 N–H and O–H groups in total. The van der Waals surface area contributed by atoms with E-state index in [0.717, 1.165) is 6.07 Å². The largest absolute Gasteiger partial charge is 0.419 e. The predicted octanol–water partition coefficient (Wildman–Crippen LogP) is 4.10. The molecular weight excluding hydrogens is 306 g/mol. The molecule has 108 valence electrons. The summed E-state index contributed by atoms with van der Waals surface area (Å²) < 4.78 is 52.2. The zero-order valence-corrected chi connectivity index (χ0v) is 11.1. The number of anilines is 1. The van der Waals surface area contributed by atoms with Crippen LogP contribution in [0.2, 0.25) is 0 Å². The molecule has 0 atom stereocenters. The third-order valence-corrected chi connectivity index (χ3v) is 3.71. The molecule has 0 fully saturated rings. The van der Waals surface area contributed by atoms with Crippen molar-refractivity contribution in [3.05, 3.63) is 41.0 Å². The predicted molar refractivity (Wildman–Crippen MR) is 72.2 cm³/mol. The number of nitrogens with zero attached hydrogens (tertiary/aromatic N) is 2.